The van der Waals surface area contributed by atoms with E-state index < -0.39 is 5.97 Å². The molecule has 0 radical (unpaired) electrons. The number of unbranched alkanes of at least 4 members (excludes halogenated alkanes) is 28. The fraction of sp³-hybridized carbons (Fsp3) is 0.972. The van der Waals surface area contributed by atoms with E-state index in [-0.39, 0.29) is 5.92 Å². The predicted octanol–water partition coefficient (Wildman–Crippen LogP) is 13.1. The van der Waals surface area contributed by atoms with Crippen molar-refractivity contribution in [2.24, 2.45) is 5.92 Å². The zero-order valence-electron chi connectivity index (χ0n) is 27.0. The highest BCUT2D eigenvalue weighted by Crippen LogP contribution is 2.21. The monoisotopic (exact) mass is 553 g/mol. The molecule has 0 rings (SSSR count). The summed E-state index contributed by atoms with van der Waals surface area (Å²) in [5.74, 6) is -0.523. The Morgan fingerprint density at radius 2 is 0.615 bits per heavy atom. The van der Waals surface area contributed by atoms with Gasteiger partial charge in [0.1, 0.15) is 0 Å². The van der Waals surface area contributed by atoms with E-state index in [0.29, 0.717) is 0 Å². The van der Waals surface area contributed by atoms with Crippen molar-refractivity contribution in [3.05, 3.63) is 0 Å². The van der Waals surface area contributed by atoms with Gasteiger partial charge in [0, 0.05) is 0 Å². The summed E-state index contributed by atoms with van der Waals surface area (Å²) >= 11 is 0. The van der Waals surface area contributed by atoms with Crippen LogP contribution in [0.5, 0.6) is 0 Å². The summed E-state index contributed by atoms with van der Waals surface area (Å²) in [6, 6.07) is 0. The van der Waals surface area contributed by atoms with E-state index in [2.05, 4.69) is 18.7 Å². The van der Waals surface area contributed by atoms with Crippen molar-refractivity contribution in [1.82, 2.24) is 0 Å². The smallest absolute Gasteiger partial charge is 0.301 e. The molecule has 0 heterocycles. The third-order valence-electron chi connectivity index (χ3n) is 8.74. The highest BCUT2D eigenvalue weighted by Gasteiger charge is 2.19. The first-order chi connectivity index (χ1) is 19.3. The Bertz CT molecular complexity index is 464. The van der Waals surface area contributed by atoms with Crippen LogP contribution in [-0.4, -0.2) is 11.2 Å². The summed E-state index contributed by atoms with van der Waals surface area (Å²) in [6.07, 6.45) is 42.4. The molecule has 0 fully saturated rings. The van der Waals surface area contributed by atoms with E-state index in [9.17, 15) is 4.79 Å². The van der Waals surface area contributed by atoms with Crippen LogP contribution in [0.4, 0.5) is 0 Å². The quantitative estimate of drug-likeness (QED) is 0.0500. The Kier molecular flexibility index (Phi) is 33.1. The van der Waals surface area contributed by atoms with Crippen molar-refractivity contribution in [1.29, 1.82) is 0 Å². The van der Waals surface area contributed by atoms with Crippen LogP contribution in [0, 0.1) is 5.92 Å². The second-order valence-electron chi connectivity index (χ2n) is 12.6. The van der Waals surface area contributed by atoms with Crippen molar-refractivity contribution in [2.75, 3.05) is 0 Å². The summed E-state index contributed by atoms with van der Waals surface area (Å²) in [5.41, 5.74) is 0. The topological polar surface area (TPSA) is 46.5 Å². The zero-order chi connectivity index (χ0) is 28.5. The highest BCUT2D eigenvalue weighted by molar-refractivity contribution is 5.71. The van der Waals surface area contributed by atoms with E-state index in [1.54, 1.807) is 0 Å². The van der Waals surface area contributed by atoms with Crippen molar-refractivity contribution in [2.45, 2.75) is 219 Å². The van der Waals surface area contributed by atoms with Crippen molar-refractivity contribution in [3.63, 3.8) is 0 Å². The maximum Gasteiger partial charge on any atom is 0.345 e. The molecule has 0 aromatic rings. The Morgan fingerprint density at radius 3 is 0.821 bits per heavy atom. The van der Waals surface area contributed by atoms with Gasteiger partial charge in [-0.05, 0) is 12.8 Å². The minimum atomic E-state index is -0.411. The van der Waals surface area contributed by atoms with Gasteiger partial charge >= 0.3 is 5.97 Å². The Hall–Kier alpha value is -0.570. The summed E-state index contributed by atoms with van der Waals surface area (Å²) < 4.78 is 0. The molecule has 1 N–H and O–H groups in total. The molecule has 0 saturated carbocycles. The van der Waals surface area contributed by atoms with Gasteiger partial charge in [0.25, 0.3) is 0 Å². The molecule has 0 amide bonds. The highest BCUT2D eigenvalue weighted by atomic mass is 17.1. The second kappa shape index (κ2) is 33.6. The molecule has 0 aliphatic heterocycles. The third-order valence-corrected chi connectivity index (χ3v) is 8.74. The fourth-order valence-electron chi connectivity index (χ4n) is 5.98. The molecule has 234 valence electrons. The van der Waals surface area contributed by atoms with E-state index >= 15 is 0 Å². The molecule has 1 unspecified atom stereocenters. The van der Waals surface area contributed by atoms with Gasteiger partial charge in [0.2, 0.25) is 0 Å². The zero-order valence-corrected chi connectivity index (χ0v) is 27.0. The SMILES string of the molecule is CCCCCCCCCCCCCCCCCCC(CCCCCCCCCCCCCCCC)C(=O)OO. The second-order valence-corrected chi connectivity index (χ2v) is 12.6. The van der Waals surface area contributed by atoms with Crippen molar-refractivity contribution >= 4 is 5.97 Å². The number of carbonyl (C=O) groups is 1. The Labute approximate surface area is 246 Å². The van der Waals surface area contributed by atoms with Gasteiger partial charge in [-0.25, -0.2) is 4.79 Å². The lowest BCUT2D eigenvalue weighted by Gasteiger charge is -2.13. The average molecular weight is 553 g/mol. The minimum Gasteiger partial charge on any atom is -0.301 e. The Morgan fingerprint density at radius 1 is 0.410 bits per heavy atom. The van der Waals surface area contributed by atoms with E-state index in [4.69, 9.17) is 5.26 Å². The summed E-state index contributed by atoms with van der Waals surface area (Å²) in [6.45, 7) is 4.57. The summed E-state index contributed by atoms with van der Waals surface area (Å²) in [4.78, 5) is 16.1. The van der Waals surface area contributed by atoms with Crippen LogP contribution < -0.4 is 0 Å². The molecular formula is C36H72O3. The van der Waals surface area contributed by atoms with Gasteiger partial charge in [-0.2, -0.15) is 5.26 Å². The van der Waals surface area contributed by atoms with Gasteiger partial charge in [-0.1, -0.05) is 206 Å². The fourth-order valence-corrected chi connectivity index (χ4v) is 5.98. The maximum atomic E-state index is 12.0. The molecule has 3 heteroatoms. The molecule has 0 aliphatic carbocycles. The third kappa shape index (κ3) is 30.2. The number of hydrogen-bond donors (Lipinski definition) is 1. The van der Waals surface area contributed by atoms with Gasteiger partial charge in [0.05, 0.1) is 5.92 Å². The lowest BCUT2D eigenvalue weighted by atomic mass is 9.94. The predicted molar refractivity (Wildman–Crippen MR) is 171 cm³/mol. The first kappa shape index (κ1) is 38.4. The van der Waals surface area contributed by atoms with Crippen LogP contribution in [0.15, 0.2) is 0 Å². The van der Waals surface area contributed by atoms with Crippen molar-refractivity contribution < 1.29 is 14.9 Å². The largest absolute Gasteiger partial charge is 0.345 e. The summed E-state index contributed by atoms with van der Waals surface area (Å²) in [7, 11) is 0. The van der Waals surface area contributed by atoms with Crippen LogP contribution >= 0.6 is 0 Å². The average Bonchev–Trinajstić information content (AvgIpc) is 2.95. The van der Waals surface area contributed by atoms with Crippen LogP contribution in [0.2, 0.25) is 0 Å². The molecular weight excluding hydrogens is 480 g/mol. The standard InChI is InChI=1S/C36H72O3/c1-3-5-7-9-11-13-15-17-19-20-22-24-26-28-30-32-34-35(36(37)39-38)33-31-29-27-25-23-21-18-16-14-12-10-8-6-4-2/h35,38H,3-34H2,1-2H3. The van der Waals surface area contributed by atoms with Gasteiger partial charge in [-0.15, -0.1) is 0 Å². The molecule has 0 saturated heterocycles. The molecule has 0 spiro atoms. The molecule has 3 nitrogen and oxygen atoms in total. The number of rotatable bonds is 33. The van der Waals surface area contributed by atoms with Crippen LogP contribution in [0.3, 0.4) is 0 Å². The Balaban J connectivity index is 3.49. The normalized spacial score (nSPS) is 12.2. The molecule has 0 bridgehead atoms. The molecule has 0 aromatic carbocycles. The first-order valence-electron chi connectivity index (χ1n) is 18.1. The lowest BCUT2D eigenvalue weighted by molar-refractivity contribution is -0.239. The number of carbonyl (C=O) groups excluding carboxylic acids is 1. The van der Waals surface area contributed by atoms with E-state index in [0.717, 1.165) is 25.7 Å². The molecule has 0 aromatic heterocycles. The lowest BCUT2D eigenvalue weighted by Crippen LogP contribution is -2.16. The van der Waals surface area contributed by atoms with E-state index in [1.807, 2.05) is 0 Å². The molecule has 0 aliphatic rings. The van der Waals surface area contributed by atoms with Gasteiger partial charge in [0.15, 0.2) is 0 Å². The van der Waals surface area contributed by atoms with E-state index in [1.165, 1.54) is 180 Å². The minimum absolute atomic E-state index is 0.112. The first-order valence-corrected chi connectivity index (χ1v) is 18.1. The van der Waals surface area contributed by atoms with Crippen molar-refractivity contribution in [3.8, 4) is 0 Å². The van der Waals surface area contributed by atoms with Crippen LogP contribution in [0.25, 0.3) is 0 Å². The van der Waals surface area contributed by atoms with Crippen LogP contribution in [0.1, 0.15) is 219 Å². The van der Waals surface area contributed by atoms with Gasteiger partial charge in [-0.3, -0.25) is 0 Å². The summed E-state index contributed by atoms with van der Waals surface area (Å²) in [5, 5.41) is 8.91. The molecule has 39 heavy (non-hydrogen) atoms. The number of hydrogen-bond acceptors (Lipinski definition) is 3. The van der Waals surface area contributed by atoms with Gasteiger partial charge < -0.3 is 4.89 Å². The van der Waals surface area contributed by atoms with Crippen LogP contribution in [-0.2, 0) is 9.68 Å². The molecule has 1 atom stereocenters. The maximum absolute atomic E-state index is 12.0.